The topological polar surface area (TPSA) is 67.0 Å². The molecule has 0 radical (unpaired) electrons. The maximum Gasteiger partial charge on any atom is 0.408 e. The van der Waals surface area contributed by atoms with Crippen molar-refractivity contribution in [1.29, 1.82) is 0 Å². The van der Waals surface area contributed by atoms with Crippen molar-refractivity contribution < 1.29 is 9.53 Å². The molecule has 0 bridgehead atoms. The minimum atomic E-state index is -0.529. The molecule has 25 heavy (non-hydrogen) atoms. The molecular formula is C20H29N3O2. The summed E-state index contributed by atoms with van der Waals surface area (Å²) in [6, 6.07) is 6.14. The van der Waals surface area contributed by atoms with Crippen LogP contribution in [0.5, 0.6) is 0 Å². The quantitative estimate of drug-likeness (QED) is 0.828. The van der Waals surface area contributed by atoms with Crippen LogP contribution in [-0.2, 0) is 4.74 Å². The predicted molar refractivity (Wildman–Crippen MR) is 100 cm³/mol. The third-order valence-corrected chi connectivity index (χ3v) is 3.76. The van der Waals surface area contributed by atoms with Gasteiger partial charge in [0.25, 0.3) is 0 Å². The van der Waals surface area contributed by atoms with Crippen molar-refractivity contribution in [3.05, 3.63) is 41.3 Å². The lowest BCUT2D eigenvalue weighted by molar-refractivity contribution is 0.0486. The normalized spacial score (nSPS) is 13.0. The van der Waals surface area contributed by atoms with E-state index in [0.29, 0.717) is 0 Å². The van der Waals surface area contributed by atoms with Gasteiger partial charge in [-0.1, -0.05) is 31.0 Å². The van der Waals surface area contributed by atoms with Gasteiger partial charge in [0, 0.05) is 5.56 Å². The standard InChI is InChI=1S/C20H29N3O2/c1-12(2)17(23-19(24)25-20(5,6)7)18-21-11-16(22-18)15-9-13(3)8-14(4)10-15/h8-12,17H,1-7H3,(H,21,22)(H,23,24). The molecule has 1 aromatic carbocycles. The number of hydrogen-bond acceptors (Lipinski definition) is 3. The van der Waals surface area contributed by atoms with E-state index in [2.05, 4.69) is 47.3 Å². The molecule has 5 heteroatoms. The Morgan fingerprint density at radius 1 is 1.16 bits per heavy atom. The first kappa shape index (κ1) is 19.0. The van der Waals surface area contributed by atoms with Gasteiger partial charge in [-0.2, -0.15) is 0 Å². The van der Waals surface area contributed by atoms with Crippen LogP contribution in [0.3, 0.4) is 0 Å². The molecule has 2 rings (SSSR count). The van der Waals surface area contributed by atoms with E-state index < -0.39 is 11.7 Å². The van der Waals surface area contributed by atoms with Gasteiger partial charge in [-0.25, -0.2) is 9.78 Å². The van der Waals surface area contributed by atoms with Gasteiger partial charge < -0.3 is 15.0 Å². The maximum absolute atomic E-state index is 12.1. The van der Waals surface area contributed by atoms with Crippen molar-refractivity contribution in [2.24, 2.45) is 5.92 Å². The number of benzene rings is 1. The zero-order valence-electron chi connectivity index (χ0n) is 16.2. The molecule has 1 amide bonds. The smallest absolute Gasteiger partial charge is 0.408 e. The number of aromatic amines is 1. The Bertz CT molecular complexity index is 721. The number of rotatable bonds is 4. The number of alkyl carbamates (subject to hydrolysis) is 1. The van der Waals surface area contributed by atoms with Gasteiger partial charge in [-0.3, -0.25) is 0 Å². The van der Waals surface area contributed by atoms with E-state index in [9.17, 15) is 4.79 Å². The van der Waals surface area contributed by atoms with E-state index in [-0.39, 0.29) is 12.0 Å². The van der Waals surface area contributed by atoms with Gasteiger partial charge >= 0.3 is 6.09 Å². The third-order valence-electron chi connectivity index (χ3n) is 3.76. The number of H-pyrrole nitrogens is 1. The molecule has 0 aliphatic rings. The van der Waals surface area contributed by atoms with Crippen LogP contribution in [0, 0.1) is 19.8 Å². The van der Waals surface area contributed by atoms with E-state index in [1.165, 1.54) is 11.1 Å². The van der Waals surface area contributed by atoms with E-state index >= 15 is 0 Å². The molecule has 2 aromatic rings. The predicted octanol–water partition coefficient (Wildman–Crippen LogP) is 4.92. The van der Waals surface area contributed by atoms with Crippen LogP contribution >= 0.6 is 0 Å². The van der Waals surface area contributed by atoms with Crippen LogP contribution in [0.2, 0.25) is 0 Å². The minimum absolute atomic E-state index is 0.172. The van der Waals surface area contributed by atoms with Crippen molar-refractivity contribution in [1.82, 2.24) is 15.3 Å². The summed E-state index contributed by atoms with van der Waals surface area (Å²) in [5.74, 6) is 0.904. The number of nitrogens with zero attached hydrogens (tertiary/aromatic N) is 1. The molecule has 1 unspecified atom stereocenters. The Kier molecular flexibility index (Phi) is 5.55. The van der Waals surface area contributed by atoms with E-state index in [4.69, 9.17) is 4.74 Å². The second-order valence-electron chi connectivity index (χ2n) is 7.93. The van der Waals surface area contributed by atoms with Crippen molar-refractivity contribution in [3.8, 4) is 11.3 Å². The highest BCUT2D eigenvalue weighted by molar-refractivity contribution is 5.68. The van der Waals surface area contributed by atoms with Gasteiger partial charge in [-0.15, -0.1) is 0 Å². The van der Waals surface area contributed by atoms with E-state index in [1.54, 1.807) is 0 Å². The zero-order valence-corrected chi connectivity index (χ0v) is 16.2. The molecule has 136 valence electrons. The van der Waals surface area contributed by atoms with Gasteiger partial charge in [0.05, 0.1) is 17.9 Å². The molecule has 0 aliphatic heterocycles. The number of aromatic nitrogens is 2. The summed E-state index contributed by atoms with van der Waals surface area (Å²) >= 11 is 0. The monoisotopic (exact) mass is 343 g/mol. The van der Waals surface area contributed by atoms with Crippen molar-refractivity contribution in [2.45, 2.75) is 60.1 Å². The summed E-state index contributed by atoms with van der Waals surface area (Å²) < 4.78 is 5.37. The van der Waals surface area contributed by atoms with Crippen LogP contribution < -0.4 is 5.32 Å². The average molecular weight is 343 g/mol. The van der Waals surface area contributed by atoms with Crippen molar-refractivity contribution >= 4 is 6.09 Å². The molecule has 0 saturated heterocycles. The fraction of sp³-hybridized carbons (Fsp3) is 0.500. The summed E-state index contributed by atoms with van der Waals surface area (Å²) in [6.45, 7) is 13.8. The summed E-state index contributed by atoms with van der Waals surface area (Å²) in [6.07, 6.45) is 1.38. The Morgan fingerprint density at radius 3 is 2.28 bits per heavy atom. The number of imidazole rings is 1. The van der Waals surface area contributed by atoms with Crippen LogP contribution in [0.4, 0.5) is 4.79 Å². The molecule has 1 atom stereocenters. The van der Waals surface area contributed by atoms with Gasteiger partial charge in [0.2, 0.25) is 0 Å². The van der Waals surface area contributed by atoms with Crippen molar-refractivity contribution in [3.63, 3.8) is 0 Å². The fourth-order valence-corrected chi connectivity index (χ4v) is 2.76. The lowest BCUT2D eigenvalue weighted by atomic mass is 10.0. The van der Waals surface area contributed by atoms with Gasteiger partial charge in [-0.05, 0) is 52.7 Å². The Hall–Kier alpha value is -2.30. The summed E-state index contributed by atoms with van der Waals surface area (Å²) in [7, 11) is 0. The van der Waals surface area contributed by atoms with Crippen LogP contribution in [0.1, 0.15) is 57.6 Å². The van der Waals surface area contributed by atoms with Crippen LogP contribution in [0.25, 0.3) is 11.3 Å². The highest BCUT2D eigenvalue weighted by Gasteiger charge is 2.24. The molecule has 0 saturated carbocycles. The first-order valence-electron chi connectivity index (χ1n) is 8.68. The number of aryl methyl sites for hydroxylation is 2. The highest BCUT2D eigenvalue weighted by atomic mass is 16.6. The number of ether oxygens (including phenoxy) is 1. The van der Waals surface area contributed by atoms with Crippen molar-refractivity contribution in [2.75, 3.05) is 0 Å². The molecule has 2 N–H and O–H groups in total. The van der Waals surface area contributed by atoms with Crippen LogP contribution in [0.15, 0.2) is 24.4 Å². The molecule has 0 fully saturated rings. The van der Waals surface area contributed by atoms with Crippen LogP contribution in [-0.4, -0.2) is 21.7 Å². The third kappa shape index (κ3) is 5.34. The average Bonchev–Trinajstić information content (AvgIpc) is 2.90. The number of nitrogens with one attached hydrogen (secondary N) is 2. The number of hydrogen-bond donors (Lipinski definition) is 2. The Morgan fingerprint density at radius 2 is 1.76 bits per heavy atom. The van der Waals surface area contributed by atoms with E-state index in [0.717, 1.165) is 17.1 Å². The molecule has 1 aromatic heterocycles. The first-order chi connectivity index (χ1) is 11.5. The first-order valence-corrected chi connectivity index (χ1v) is 8.68. The minimum Gasteiger partial charge on any atom is -0.444 e. The molecule has 0 spiro atoms. The molecule has 1 heterocycles. The summed E-state index contributed by atoms with van der Waals surface area (Å²) in [4.78, 5) is 20.0. The number of amides is 1. The fourth-order valence-electron chi connectivity index (χ4n) is 2.76. The summed E-state index contributed by atoms with van der Waals surface area (Å²) in [5, 5.41) is 2.92. The SMILES string of the molecule is Cc1cc(C)cc(-c2cnc(C(NC(=O)OC(C)(C)C)C(C)C)[nH]2)c1. The highest BCUT2D eigenvalue weighted by Crippen LogP contribution is 2.25. The second kappa shape index (κ2) is 7.30. The van der Waals surface area contributed by atoms with Gasteiger partial charge in [0.15, 0.2) is 0 Å². The molecule has 5 nitrogen and oxygen atoms in total. The Balaban J connectivity index is 2.23. The Labute approximate surface area is 150 Å². The number of carbonyl (C=O) groups excluding carboxylic acids is 1. The maximum atomic E-state index is 12.1. The molecular weight excluding hydrogens is 314 g/mol. The summed E-state index contributed by atoms with van der Waals surface area (Å²) in [5.41, 5.74) is 3.92. The zero-order chi connectivity index (χ0) is 18.8. The van der Waals surface area contributed by atoms with E-state index in [1.807, 2.05) is 40.8 Å². The number of carbonyl (C=O) groups is 1. The lowest BCUT2D eigenvalue weighted by Gasteiger charge is -2.24. The molecule has 0 aliphatic carbocycles. The second-order valence-corrected chi connectivity index (χ2v) is 7.93. The lowest BCUT2D eigenvalue weighted by Crippen LogP contribution is -2.37. The largest absolute Gasteiger partial charge is 0.444 e. The van der Waals surface area contributed by atoms with Gasteiger partial charge in [0.1, 0.15) is 11.4 Å².